The lowest BCUT2D eigenvalue weighted by atomic mass is 10.2. The normalized spacial score (nSPS) is 13.8. The van der Waals surface area contributed by atoms with Crippen LogP contribution in [0.15, 0.2) is 42.7 Å². The molecule has 8 nitrogen and oxygen atoms in total. The van der Waals surface area contributed by atoms with E-state index in [2.05, 4.69) is 20.2 Å². The Bertz CT molecular complexity index is 1110. The first kappa shape index (κ1) is 21.8. The van der Waals surface area contributed by atoms with Crippen LogP contribution in [0.2, 0.25) is 5.02 Å². The molecular formula is C22H24ClFN6O2. The van der Waals surface area contributed by atoms with Crippen molar-refractivity contribution in [3.8, 4) is 11.5 Å². The van der Waals surface area contributed by atoms with E-state index in [-0.39, 0.29) is 5.82 Å². The Kier molecular flexibility index (Phi) is 6.36. The van der Waals surface area contributed by atoms with Gasteiger partial charge in [-0.3, -0.25) is 0 Å². The van der Waals surface area contributed by atoms with Crippen molar-refractivity contribution in [3.63, 3.8) is 0 Å². The zero-order valence-corrected chi connectivity index (χ0v) is 18.6. The van der Waals surface area contributed by atoms with Crippen LogP contribution in [-0.2, 0) is 0 Å². The molecule has 3 N–H and O–H groups in total. The van der Waals surface area contributed by atoms with Crippen LogP contribution in [0.3, 0.4) is 0 Å². The molecule has 0 amide bonds. The van der Waals surface area contributed by atoms with Gasteiger partial charge >= 0.3 is 0 Å². The number of nitrogen functional groups attached to an aromatic ring is 1. The molecule has 1 aromatic heterocycles. The van der Waals surface area contributed by atoms with Crippen LogP contribution in [0.5, 0.6) is 11.5 Å². The summed E-state index contributed by atoms with van der Waals surface area (Å²) < 4.78 is 24.8. The zero-order valence-electron chi connectivity index (χ0n) is 17.8. The molecule has 0 saturated carbocycles. The highest BCUT2D eigenvalue weighted by Crippen LogP contribution is 2.39. The molecule has 1 aliphatic rings. The number of ether oxygens (including phenoxy) is 2. The SMILES string of the molecule is COc1cc(OC)c(Nc2ncnc(N3CCN(c4ccccc4F)CC3)c2N)cc1Cl. The summed E-state index contributed by atoms with van der Waals surface area (Å²) in [5.41, 5.74) is 8.02. The van der Waals surface area contributed by atoms with Crippen molar-refractivity contribution in [2.75, 3.05) is 61.2 Å². The number of rotatable bonds is 6. The van der Waals surface area contributed by atoms with E-state index in [1.807, 2.05) is 11.0 Å². The summed E-state index contributed by atoms with van der Waals surface area (Å²) in [5.74, 6) is 1.86. The fraction of sp³-hybridized carbons (Fsp3) is 0.273. The maximum atomic E-state index is 14.1. The summed E-state index contributed by atoms with van der Waals surface area (Å²) in [6, 6.07) is 10.2. The maximum absolute atomic E-state index is 14.1. The summed E-state index contributed by atoms with van der Waals surface area (Å²) >= 11 is 6.27. The lowest BCUT2D eigenvalue weighted by Gasteiger charge is -2.37. The van der Waals surface area contributed by atoms with Gasteiger partial charge in [0, 0.05) is 32.2 Å². The van der Waals surface area contributed by atoms with E-state index in [1.165, 1.54) is 19.5 Å². The van der Waals surface area contributed by atoms with Crippen molar-refractivity contribution in [1.82, 2.24) is 9.97 Å². The standard InChI is InChI=1S/C22H24ClFN6O2/c1-31-18-12-19(32-2)16(11-14(18)23)28-21-20(25)22(27-13-26-21)30-9-7-29(8-10-30)17-6-4-3-5-15(17)24/h3-6,11-13H,7-10,25H2,1-2H3,(H,26,27,28). The first-order chi connectivity index (χ1) is 15.5. The third-order valence-corrected chi connectivity index (χ3v) is 5.66. The first-order valence-electron chi connectivity index (χ1n) is 10.0. The minimum absolute atomic E-state index is 0.221. The van der Waals surface area contributed by atoms with Gasteiger partial charge in [0.15, 0.2) is 11.6 Å². The molecule has 3 aromatic rings. The molecule has 1 fully saturated rings. The molecule has 32 heavy (non-hydrogen) atoms. The van der Waals surface area contributed by atoms with Crippen LogP contribution in [0.1, 0.15) is 0 Å². The van der Waals surface area contributed by atoms with Gasteiger partial charge in [-0.2, -0.15) is 0 Å². The number of halogens is 2. The van der Waals surface area contributed by atoms with Crippen LogP contribution in [0, 0.1) is 5.82 Å². The largest absolute Gasteiger partial charge is 0.495 e. The van der Waals surface area contributed by atoms with Gasteiger partial charge in [-0.1, -0.05) is 23.7 Å². The minimum atomic E-state index is -0.221. The van der Waals surface area contributed by atoms with Crippen LogP contribution >= 0.6 is 11.6 Å². The number of para-hydroxylation sites is 1. The summed E-state index contributed by atoms with van der Waals surface area (Å²) in [6.45, 7) is 2.59. The second-order valence-corrected chi connectivity index (χ2v) is 7.60. The van der Waals surface area contributed by atoms with Gasteiger partial charge < -0.3 is 30.3 Å². The van der Waals surface area contributed by atoms with Crippen molar-refractivity contribution >= 4 is 40.3 Å². The molecule has 1 saturated heterocycles. The van der Waals surface area contributed by atoms with E-state index in [0.29, 0.717) is 71.4 Å². The van der Waals surface area contributed by atoms with Gasteiger partial charge in [-0.25, -0.2) is 14.4 Å². The molecular weight excluding hydrogens is 435 g/mol. The molecule has 0 atom stereocenters. The number of benzene rings is 2. The average molecular weight is 459 g/mol. The molecule has 2 aromatic carbocycles. The van der Waals surface area contributed by atoms with Crippen molar-refractivity contribution in [2.24, 2.45) is 0 Å². The molecule has 0 spiro atoms. The number of aromatic nitrogens is 2. The van der Waals surface area contributed by atoms with Gasteiger partial charge in [0.05, 0.1) is 30.6 Å². The molecule has 2 heterocycles. The Balaban J connectivity index is 1.53. The Labute approximate surface area is 190 Å². The molecule has 0 radical (unpaired) electrons. The Morgan fingerprint density at radius 1 is 1.00 bits per heavy atom. The van der Waals surface area contributed by atoms with E-state index in [1.54, 1.807) is 31.4 Å². The van der Waals surface area contributed by atoms with Crippen LogP contribution in [0.25, 0.3) is 0 Å². The van der Waals surface area contributed by atoms with Crippen molar-refractivity contribution in [3.05, 3.63) is 53.6 Å². The monoisotopic (exact) mass is 458 g/mol. The van der Waals surface area contributed by atoms with Gasteiger partial charge in [0.25, 0.3) is 0 Å². The number of hydrogen-bond donors (Lipinski definition) is 2. The predicted octanol–water partition coefficient (Wildman–Crippen LogP) is 3.94. The molecule has 4 rings (SSSR count). The highest BCUT2D eigenvalue weighted by Gasteiger charge is 2.23. The summed E-state index contributed by atoms with van der Waals surface area (Å²) in [4.78, 5) is 12.8. The summed E-state index contributed by atoms with van der Waals surface area (Å²) in [6.07, 6.45) is 1.45. The third-order valence-electron chi connectivity index (χ3n) is 5.36. The van der Waals surface area contributed by atoms with Crippen molar-refractivity contribution < 1.29 is 13.9 Å². The first-order valence-corrected chi connectivity index (χ1v) is 10.4. The zero-order chi connectivity index (χ0) is 22.7. The van der Waals surface area contributed by atoms with Crippen LogP contribution in [-0.4, -0.2) is 50.4 Å². The smallest absolute Gasteiger partial charge is 0.159 e. The fourth-order valence-corrected chi connectivity index (χ4v) is 3.93. The quantitative estimate of drug-likeness (QED) is 0.574. The molecule has 1 aliphatic heterocycles. The molecule has 0 aliphatic carbocycles. The topological polar surface area (TPSA) is 88.8 Å². The van der Waals surface area contributed by atoms with Gasteiger partial charge in [-0.05, 0) is 18.2 Å². The predicted molar refractivity (Wildman–Crippen MR) is 125 cm³/mol. The average Bonchev–Trinajstić information content (AvgIpc) is 2.81. The van der Waals surface area contributed by atoms with Crippen LogP contribution < -0.4 is 30.3 Å². The number of hydrogen-bond acceptors (Lipinski definition) is 8. The summed E-state index contributed by atoms with van der Waals surface area (Å²) in [7, 11) is 3.09. The lowest BCUT2D eigenvalue weighted by molar-refractivity contribution is 0.396. The highest BCUT2D eigenvalue weighted by atomic mass is 35.5. The number of nitrogens with one attached hydrogen (secondary N) is 1. The Morgan fingerprint density at radius 3 is 2.38 bits per heavy atom. The van der Waals surface area contributed by atoms with E-state index < -0.39 is 0 Å². The van der Waals surface area contributed by atoms with E-state index >= 15 is 0 Å². The van der Waals surface area contributed by atoms with Gasteiger partial charge in [-0.15, -0.1) is 0 Å². The van der Waals surface area contributed by atoms with Gasteiger partial charge in [0.1, 0.15) is 29.3 Å². The second-order valence-electron chi connectivity index (χ2n) is 7.20. The van der Waals surface area contributed by atoms with Crippen molar-refractivity contribution in [1.29, 1.82) is 0 Å². The van der Waals surface area contributed by atoms with Crippen LogP contribution in [0.4, 0.5) is 33.1 Å². The highest BCUT2D eigenvalue weighted by molar-refractivity contribution is 6.32. The minimum Gasteiger partial charge on any atom is -0.495 e. The Hall–Kier alpha value is -3.46. The molecule has 0 bridgehead atoms. The summed E-state index contributed by atoms with van der Waals surface area (Å²) in [5, 5.41) is 3.60. The molecule has 168 valence electrons. The van der Waals surface area contributed by atoms with E-state index in [0.717, 1.165) is 0 Å². The van der Waals surface area contributed by atoms with Crippen molar-refractivity contribution in [2.45, 2.75) is 0 Å². The third kappa shape index (κ3) is 4.29. The molecule has 10 heteroatoms. The second kappa shape index (κ2) is 9.35. The fourth-order valence-electron chi connectivity index (χ4n) is 3.69. The van der Waals surface area contributed by atoms with E-state index in [9.17, 15) is 4.39 Å². The lowest BCUT2D eigenvalue weighted by Crippen LogP contribution is -2.47. The van der Waals surface area contributed by atoms with Gasteiger partial charge in [0.2, 0.25) is 0 Å². The maximum Gasteiger partial charge on any atom is 0.159 e. The number of piperazine rings is 1. The number of anilines is 5. The molecule has 0 unspecified atom stereocenters. The number of methoxy groups -OCH3 is 2. The number of nitrogens with two attached hydrogens (primary N) is 1. The Morgan fingerprint density at radius 2 is 1.69 bits per heavy atom. The van der Waals surface area contributed by atoms with E-state index in [4.69, 9.17) is 26.8 Å². The number of nitrogens with zero attached hydrogens (tertiary/aromatic N) is 4.